The average Bonchev–Trinajstić information content (AvgIpc) is 2.44. The Morgan fingerprint density at radius 1 is 1.32 bits per heavy atom. The molecule has 0 radical (unpaired) electrons. The van der Waals surface area contributed by atoms with E-state index < -0.39 is 0 Å². The third kappa shape index (κ3) is 5.11. The Kier molecular flexibility index (Phi) is 7.39. The molecule has 0 saturated carbocycles. The maximum absolute atomic E-state index is 12.2. The Morgan fingerprint density at radius 2 is 1.95 bits per heavy atom. The van der Waals surface area contributed by atoms with E-state index in [1.807, 2.05) is 11.9 Å². The van der Waals surface area contributed by atoms with Gasteiger partial charge in [0.15, 0.2) is 0 Å². The number of likely N-dealkylation sites (tertiary alicyclic amines) is 1. The second-order valence-corrected chi connectivity index (χ2v) is 5.77. The van der Waals surface area contributed by atoms with E-state index in [2.05, 4.69) is 18.7 Å². The van der Waals surface area contributed by atoms with Crippen LogP contribution in [0, 0.1) is 0 Å². The summed E-state index contributed by atoms with van der Waals surface area (Å²) in [5.41, 5.74) is 5.98. The van der Waals surface area contributed by atoms with Crippen molar-refractivity contribution < 1.29 is 4.79 Å². The molecule has 1 rings (SSSR count). The maximum Gasteiger partial charge on any atom is 0.239 e. The number of carbonyl (C=O) groups is 1. The van der Waals surface area contributed by atoms with Crippen molar-refractivity contribution in [2.45, 2.75) is 64.5 Å². The molecule has 1 saturated heterocycles. The third-order valence-electron chi connectivity index (χ3n) is 4.18. The summed E-state index contributed by atoms with van der Waals surface area (Å²) in [6.07, 6.45) is 6.33. The molecule has 4 nitrogen and oxygen atoms in total. The van der Waals surface area contributed by atoms with Crippen molar-refractivity contribution in [1.29, 1.82) is 0 Å². The molecule has 4 heteroatoms. The van der Waals surface area contributed by atoms with E-state index in [0.717, 1.165) is 45.2 Å². The van der Waals surface area contributed by atoms with Crippen LogP contribution >= 0.6 is 0 Å². The van der Waals surface area contributed by atoms with E-state index in [1.54, 1.807) is 0 Å². The second-order valence-electron chi connectivity index (χ2n) is 5.77. The number of hydrogen-bond donors (Lipinski definition) is 1. The minimum absolute atomic E-state index is 0.127. The summed E-state index contributed by atoms with van der Waals surface area (Å²) in [5, 5.41) is 0. The molecular weight excluding hydrogens is 238 g/mol. The Bertz CT molecular complexity index is 262. The van der Waals surface area contributed by atoms with Gasteiger partial charge in [-0.15, -0.1) is 0 Å². The van der Waals surface area contributed by atoms with E-state index in [0.29, 0.717) is 6.04 Å². The van der Waals surface area contributed by atoms with Gasteiger partial charge in [-0.05, 0) is 32.2 Å². The van der Waals surface area contributed by atoms with E-state index in [1.165, 1.54) is 13.0 Å². The molecule has 0 aliphatic carbocycles. The molecule has 0 spiro atoms. The predicted molar refractivity (Wildman–Crippen MR) is 80.0 cm³/mol. The number of amides is 1. The largest absolute Gasteiger partial charge is 0.341 e. The van der Waals surface area contributed by atoms with Gasteiger partial charge in [-0.2, -0.15) is 0 Å². The topological polar surface area (TPSA) is 49.6 Å². The monoisotopic (exact) mass is 269 g/mol. The van der Waals surface area contributed by atoms with Crippen molar-refractivity contribution in [3.63, 3.8) is 0 Å². The molecule has 1 unspecified atom stereocenters. The molecule has 0 aromatic rings. The summed E-state index contributed by atoms with van der Waals surface area (Å²) >= 11 is 0. The fraction of sp³-hybridized carbons (Fsp3) is 0.933. The molecule has 1 aliphatic rings. The predicted octanol–water partition coefficient (Wildman–Crippen LogP) is 1.84. The number of nitrogens with two attached hydrogens (primary N) is 1. The molecule has 19 heavy (non-hydrogen) atoms. The smallest absolute Gasteiger partial charge is 0.239 e. The first-order chi connectivity index (χ1) is 9.10. The first-order valence-corrected chi connectivity index (χ1v) is 7.84. The Labute approximate surface area is 118 Å². The van der Waals surface area contributed by atoms with Crippen LogP contribution in [-0.2, 0) is 4.79 Å². The fourth-order valence-corrected chi connectivity index (χ4v) is 2.84. The van der Waals surface area contributed by atoms with Crippen molar-refractivity contribution in [1.82, 2.24) is 9.80 Å². The van der Waals surface area contributed by atoms with Crippen LogP contribution in [0.25, 0.3) is 0 Å². The van der Waals surface area contributed by atoms with Crippen LogP contribution in [0.3, 0.4) is 0 Å². The SMILES string of the molecule is CCCCC(N)C(=O)N(C)C1CCN(CCC)CC1. The zero-order valence-electron chi connectivity index (χ0n) is 12.9. The maximum atomic E-state index is 12.2. The average molecular weight is 269 g/mol. The minimum atomic E-state index is -0.307. The normalized spacial score (nSPS) is 19.4. The highest BCUT2D eigenvalue weighted by Crippen LogP contribution is 2.16. The number of likely N-dealkylation sites (N-methyl/N-ethyl adjacent to an activating group) is 1. The molecular formula is C15H31N3O. The number of carbonyl (C=O) groups excluding carboxylic acids is 1. The highest BCUT2D eigenvalue weighted by atomic mass is 16.2. The van der Waals surface area contributed by atoms with Crippen LogP contribution in [0.4, 0.5) is 0 Å². The molecule has 0 bridgehead atoms. The molecule has 0 aromatic carbocycles. The van der Waals surface area contributed by atoms with Gasteiger partial charge >= 0.3 is 0 Å². The molecule has 112 valence electrons. The van der Waals surface area contributed by atoms with Crippen molar-refractivity contribution in [2.24, 2.45) is 5.73 Å². The summed E-state index contributed by atoms with van der Waals surface area (Å²) in [4.78, 5) is 16.6. The molecule has 2 N–H and O–H groups in total. The standard InChI is InChI=1S/C15H31N3O/c1-4-6-7-14(16)15(19)17(3)13-8-11-18(10-5-2)12-9-13/h13-14H,4-12,16H2,1-3H3. The zero-order valence-corrected chi connectivity index (χ0v) is 12.9. The summed E-state index contributed by atoms with van der Waals surface area (Å²) in [6.45, 7) is 7.75. The van der Waals surface area contributed by atoms with Gasteiger partial charge in [-0.25, -0.2) is 0 Å². The molecule has 1 atom stereocenters. The Hall–Kier alpha value is -0.610. The van der Waals surface area contributed by atoms with Crippen molar-refractivity contribution >= 4 is 5.91 Å². The summed E-state index contributed by atoms with van der Waals surface area (Å²) in [5.74, 6) is 0.127. The molecule has 0 aromatic heterocycles. The van der Waals surface area contributed by atoms with Gasteiger partial charge in [0, 0.05) is 26.2 Å². The van der Waals surface area contributed by atoms with Gasteiger partial charge < -0.3 is 15.5 Å². The third-order valence-corrected chi connectivity index (χ3v) is 4.18. The summed E-state index contributed by atoms with van der Waals surface area (Å²) < 4.78 is 0. The Morgan fingerprint density at radius 3 is 2.47 bits per heavy atom. The lowest BCUT2D eigenvalue weighted by Crippen LogP contribution is -2.50. The fourth-order valence-electron chi connectivity index (χ4n) is 2.84. The number of piperidine rings is 1. The Balaban J connectivity index is 2.37. The number of unbranched alkanes of at least 4 members (excludes halogenated alkanes) is 1. The van der Waals surface area contributed by atoms with Gasteiger partial charge in [0.1, 0.15) is 0 Å². The van der Waals surface area contributed by atoms with Gasteiger partial charge in [0.05, 0.1) is 6.04 Å². The van der Waals surface area contributed by atoms with Crippen molar-refractivity contribution in [3.8, 4) is 0 Å². The van der Waals surface area contributed by atoms with Gasteiger partial charge in [0.2, 0.25) is 5.91 Å². The van der Waals surface area contributed by atoms with Crippen LogP contribution in [-0.4, -0.2) is 54.5 Å². The number of rotatable bonds is 7. The van der Waals surface area contributed by atoms with Crippen LogP contribution in [0.2, 0.25) is 0 Å². The first-order valence-electron chi connectivity index (χ1n) is 7.84. The minimum Gasteiger partial charge on any atom is -0.341 e. The molecule has 1 fully saturated rings. The number of hydrogen-bond acceptors (Lipinski definition) is 3. The van der Waals surface area contributed by atoms with Gasteiger partial charge in [0.25, 0.3) is 0 Å². The lowest BCUT2D eigenvalue weighted by atomic mass is 10.0. The first kappa shape index (κ1) is 16.4. The van der Waals surface area contributed by atoms with Gasteiger partial charge in [-0.1, -0.05) is 26.7 Å². The van der Waals surface area contributed by atoms with Crippen LogP contribution in [0.1, 0.15) is 52.4 Å². The quantitative estimate of drug-likeness (QED) is 0.767. The number of nitrogens with zero attached hydrogens (tertiary/aromatic N) is 2. The summed E-state index contributed by atoms with van der Waals surface area (Å²) in [6, 6.07) is 0.0758. The van der Waals surface area contributed by atoms with E-state index in [-0.39, 0.29) is 11.9 Å². The van der Waals surface area contributed by atoms with Crippen LogP contribution in [0.15, 0.2) is 0 Å². The van der Waals surface area contributed by atoms with E-state index in [4.69, 9.17) is 5.73 Å². The molecule has 1 amide bonds. The van der Waals surface area contributed by atoms with Crippen molar-refractivity contribution in [2.75, 3.05) is 26.7 Å². The lowest BCUT2D eigenvalue weighted by Gasteiger charge is -2.37. The highest BCUT2D eigenvalue weighted by Gasteiger charge is 2.27. The molecule has 1 aliphatic heterocycles. The second kappa shape index (κ2) is 8.54. The highest BCUT2D eigenvalue weighted by molar-refractivity contribution is 5.81. The van der Waals surface area contributed by atoms with Gasteiger partial charge in [-0.3, -0.25) is 4.79 Å². The summed E-state index contributed by atoms with van der Waals surface area (Å²) in [7, 11) is 1.92. The molecule has 1 heterocycles. The lowest BCUT2D eigenvalue weighted by molar-refractivity contribution is -0.134. The van der Waals surface area contributed by atoms with E-state index >= 15 is 0 Å². The van der Waals surface area contributed by atoms with Crippen LogP contribution in [0.5, 0.6) is 0 Å². The van der Waals surface area contributed by atoms with Crippen LogP contribution < -0.4 is 5.73 Å². The van der Waals surface area contributed by atoms with Crippen molar-refractivity contribution in [3.05, 3.63) is 0 Å². The zero-order chi connectivity index (χ0) is 14.3. The van der Waals surface area contributed by atoms with E-state index in [9.17, 15) is 4.79 Å².